The molecule has 4 heteroatoms. The van der Waals surface area contributed by atoms with Crippen molar-refractivity contribution in [2.75, 3.05) is 19.6 Å². The first-order chi connectivity index (χ1) is 9.89. The summed E-state index contributed by atoms with van der Waals surface area (Å²) in [5.74, 6) is 0. The van der Waals surface area contributed by atoms with Crippen LogP contribution >= 0.6 is 0 Å². The highest BCUT2D eigenvalue weighted by molar-refractivity contribution is 5.83. The van der Waals surface area contributed by atoms with Crippen molar-refractivity contribution >= 4 is 10.8 Å². The molecule has 0 aromatic carbocycles. The second-order valence-corrected chi connectivity index (χ2v) is 6.04. The molecular weight excluding hydrogens is 248 g/mol. The highest BCUT2D eigenvalue weighted by Gasteiger charge is 2.45. The van der Waals surface area contributed by atoms with Gasteiger partial charge < -0.3 is 10.6 Å². The average molecular weight is 268 g/mol. The van der Waals surface area contributed by atoms with Crippen molar-refractivity contribution in [3.05, 3.63) is 36.4 Å². The molecule has 2 aliphatic heterocycles. The number of fused-ring (bicyclic) bond motifs is 1. The maximum absolute atomic E-state index is 4.73. The summed E-state index contributed by atoms with van der Waals surface area (Å²) >= 11 is 0. The molecule has 1 spiro atoms. The normalized spacial score (nSPS) is 25.3. The number of pyridine rings is 2. The van der Waals surface area contributed by atoms with Gasteiger partial charge in [-0.15, -0.1) is 0 Å². The maximum Gasteiger partial charge on any atom is 0.0658 e. The lowest BCUT2D eigenvalue weighted by Gasteiger charge is -2.38. The van der Waals surface area contributed by atoms with E-state index in [-0.39, 0.29) is 0 Å². The van der Waals surface area contributed by atoms with Crippen molar-refractivity contribution in [3.8, 4) is 0 Å². The second kappa shape index (κ2) is 4.79. The molecule has 1 atom stereocenters. The summed E-state index contributed by atoms with van der Waals surface area (Å²) in [4.78, 5) is 8.95. The Balaban J connectivity index is 1.82. The van der Waals surface area contributed by atoms with Crippen molar-refractivity contribution in [3.63, 3.8) is 0 Å². The maximum atomic E-state index is 4.73. The van der Waals surface area contributed by atoms with Gasteiger partial charge in [-0.25, -0.2) is 0 Å². The molecule has 0 amide bonds. The molecule has 4 rings (SSSR count). The van der Waals surface area contributed by atoms with Gasteiger partial charge in [-0.05, 0) is 56.4 Å². The summed E-state index contributed by atoms with van der Waals surface area (Å²) in [5.41, 5.74) is 1.60. The molecule has 4 nitrogen and oxygen atoms in total. The zero-order valence-corrected chi connectivity index (χ0v) is 11.6. The first kappa shape index (κ1) is 12.2. The topological polar surface area (TPSA) is 49.8 Å². The van der Waals surface area contributed by atoms with E-state index in [2.05, 4.69) is 27.8 Å². The molecule has 2 fully saturated rings. The van der Waals surface area contributed by atoms with Gasteiger partial charge in [0, 0.05) is 29.4 Å². The van der Waals surface area contributed by atoms with Crippen molar-refractivity contribution < 1.29 is 0 Å². The molecule has 20 heavy (non-hydrogen) atoms. The van der Waals surface area contributed by atoms with Crippen LogP contribution in [0.2, 0.25) is 0 Å². The van der Waals surface area contributed by atoms with Crippen LogP contribution in [0.25, 0.3) is 10.8 Å². The van der Waals surface area contributed by atoms with Crippen molar-refractivity contribution in [2.45, 2.75) is 25.3 Å². The third kappa shape index (κ3) is 1.83. The van der Waals surface area contributed by atoms with Crippen molar-refractivity contribution in [1.82, 2.24) is 20.6 Å². The molecule has 1 unspecified atom stereocenters. The van der Waals surface area contributed by atoms with Crippen LogP contribution in [-0.2, 0) is 0 Å². The first-order valence-corrected chi connectivity index (χ1v) is 7.52. The predicted octanol–water partition coefficient (Wildman–Crippen LogP) is 2.03. The SMILES string of the molecule is c1cc2c(C3NCCC34CCNCC4)nccc2cn1. The molecule has 2 aliphatic rings. The van der Waals surface area contributed by atoms with Crippen LogP contribution in [0, 0.1) is 5.41 Å². The third-order valence-corrected chi connectivity index (χ3v) is 5.05. The Morgan fingerprint density at radius 3 is 2.80 bits per heavy atom. The average Bonchev–Trinajstić information content (AvgIpc) is 2.90. The zero-order valence-electron chi connectivity index (χ0n) is 11.6. The van der Waals surface area contributed by atoms with E-state index in [0.29, 0.717) is 11.5 Å². The molecule has 2 N–H and O–H groups in total. The van der Waals surface area contributed by atoms with Gasteiger partial charge in [0.2, 0.25) is 0 Å². The fraction of sp³-hybridized carbons (Fsp3) is 0.500. The van der Waals surface area contributed by atoms with Crippen LogP contribution in [0.15, 0.2) is 30.7 Å². The lowest BCUT2D eigenvalue weighted by Crippen LogP contribution is -2.40. The van der Waals surface area contributed by atoms with E-state index < -0.39 is 0 Å². The summed E-state index contributed by atoms with van der Waals surface area (Å²) in [6.45, 7) is 3.36. The second-order valence-electron chi connectivity index (χ2n) is 6.04. The Kier molecular flexibility index (Phi) is 2.93. The monoisotopic (exact) mass is 268 g/mol. The molecular formula is C16H20N4. The fourth-order valence-corrected chi connectivity index (χ4v) is 3.95. The lowest BCUT2D eigenvalue weighted by molar-refractivity contribution is 0.174. The number of rotatable bonds is 1. The van der Waals surface area contributed by atoms with E-state index in [1.807, 2.05) is 18.6 Å². The summed E-state index contributed by atoms with van der Waals surface area (Å²) in [6.07, 6.45) is 9.49. The van der Waals surface area contributed by atoms with Gasteiger partial charge >= 0.3 is 0 Å². The predicted molar refractivity (Wildman–Crippen MR) is 79.4 cm³/mol. The van der Waals surface area contributed by atoms with Gasteiger partial charge in [0.15, 0.2) is 0 Å². The van der Waals surface area contributed by atoms with Crippen LogP contribution in [0.5, 0.6) is 0 Å². The Hall–Kier alpha value is -1.52. The minimum atomic E-state index is 0.385. The largest absolute Gasteiger partial charge is 0.317 e. The lowest BCUT2D eigenvalue weighted by atomic mass is 9.71. The number of hydrogen-bond donors (Lipinski definition) is 2. The van der Waals surface area contributed by atoms with E-state index in [0.717, 1.165) is 19.6 Å². The quantitative estimate of drug-likeness (QED) is 0.831. The minimum absolute atomic E-state index is 0.385. The Morgan fingerprint density at radius 2 is 1.90 bits per heavy atom. The zero-order chi connectivity index (χ0) is 13.4. The van der Waals surface area contributed by atoms with E-state index in [4.69, 9.17) is 4.98 Å². The number of nitrogens with zero attached hydrogens (tertiary/aromatic N) is 2. The molecule has 0 aliphatic carbocycles. The standard InChI is InChI=1S/C16H20N4/c1-7-19-14(13-2-6-18-11-12(1)13)15-16(5-10-20-15)3-8-17-9-4-16/h1-2,6-7,11,15,17,20H,3-5,8-10H2. The van der Waals surface area contributed by atoms with E-state index in [1.165, 1.54) is 35.7 Å². The number of aromatic nitrogens is 2. The fourth-order valence-electron chi connectivity index (χ4n) is 3.95. The highest BCUT2D eigenvalue weighted by atomic mass is 15.0. The Morgan fingerprint density at radius 1 is 1.05 bits per heavy atom. The third-order valence-electron chi connectivity index (χ3n) is 5.05. The van der Waals surface area contributed by atoms with Crippen LogP contribution in [0.3, 0.4) is 0 Å². The number of hydrogen-bond acceptors (Lipinski definition) is 4. The molecule has 2 aromatic rings. The summed E-state index contributed by atoms with van der Waals surface area (Å²) in [5, 5.41) is 9.64. The van der Waals surface area contributed by atoms with Gasteiger partial charge in [-0.1, -0.05) is 0 Å². The van der Waals surface area contributed by atoms with Gasteiger partial charge in [0.1, 0.15) is 0 Å². The van der Waals surface area contributed by atoms with Gasteiger partial charge in [0.05, 0.1) is 11.7 Å². The molecule has 4 heterocycles. The van der Waals surface area contributed by atoms with Crippen LogP contribution in [0.4, 0.5) is 0 Å². The molecule has 0 bridgehead atoms. The van der Waals surface area contributed by atoms with Crippen LogP contribution in [0.1, 0.15) is 31.0 Å². The Labute approximate surface area is 119 Å². The molecule has 2 saturated heterocycles. The molecule has 2 aromatic heterocycles. The molecule has 0 radical (unpaired) electrons. The van der Waals surface area contributed by atoms with E-state index in [1.54, 1.807) is 0 Å². The van der Waals surface area contributed by atoms with Gasteiger partial charge in [-0.3, -0.25) is 9.97 Å². The summed E-state index contributed by atoms with van der Waals surface area (Å²) in [7, 11) is 0. The smallest absolute Gasteiger partial charge is 0.0658 e. The summed E-state index contributed by atoms with van der Waals surface area (Å²) in [6, 6.07) is 4.54. The van der Waals surface area contributed by atoms with Crippen LogP contribution in [-0.4, -0.2) is 29.6 Å². The highest BCUT2D eigenvalue weighted by Crippen LogP contribution is 2.48. The summed E-state index contributed by atoms with van der Waals surface area (Å²) < 4.78 is 0. The van der Waals surface area contributed by atoms with Crippen molar-refractivity contribution in [2.24, 2.45) is 5.41 Å². The van der Waals surface area contributed by atoms with Gasteiger partial charge in [-0.2, -0.15) is 0 Å². The first-order valence-electron chi connectivity index (χ1n) is 7.52. The minimum Gasteiger partial charge on any atom is -0.317 e. The van der Waals surface area contributed by atoms with Crippen molar-refractivity contribution in [1.29, 1.82) is 0 Å². The van der Waals surface area contributed by atoms with Crippen LogP contribution < -0.4 is 10.6 Å². The molecule has 0 saturated carbocycles. The van der Waals surface area contributed by atoms with E-state index in [9.17, 15) is 0 Å². The van der Waals surface area contributed by atoms with Gasteiger partial charge in [0.25, 0.3) is 0 Å². The molecule has 104 valence electrons. The number of piperidine rings is 1. The number of nitrogens with one attached hydrogen (secondary N) is 2. The Bertz CT molecular complexity index is 613. The van der Waals surface area contributed by atoms with E-state index >= 15 is 0 Å².